The first-order chi connectivity index (χ1) is 9.74. The molecule has 1 aromatic carbocycles. The van der Waals surface area contributed by atoms with Gasteiger partial charge in [-0.2, -0.15) is 0 Å². The molecule has 3 rings (SSSR count). The summed E-state index contributed by atoms with van der Waals surface area (Å²) in [5.41, 5.74) is 6.91. The maximum atomic E-state index is 6.38. The standard InChI is InChI=1S/C16H24N2O2/c1-19-14-4-3-13-5-6-16(20-15(13)11-14)7-10-18(12-16)9-2-8-17/h3-4,11H,2,5-10,12,17H2,1H3. The first kappa shape index (κ1) is 13.7. The van der Waals surface area contributed by atoms with Gasteiger partial charge in [-0.1, -0.05) is 6.07 Å². The molecule has 2 N–H and O–H groups in total. The van der Waals surface area contributed by atoms with Gasteiger partial charge in [0.05, 0.1) is 7.11 Å². The average Bonchev–Trinajstić information content (AvgIpc) is 2.87. The van der Waals surface area contributed by atoms with Crippen molar-refractivity contribution in [1.29, 1.82) is 0 Å². The van der Waals surface area contributed by atoms with Crippen molar-refractivity contribution in [2.75, 3.05) is 33.3 Å². The van der Waals surface area contributed by atoms with E-state index in [0.29, 0.717) is 0 Å². The van der Waals surface area contributed by atoms with E-state index in [1.54, 1.807) is 7.11 Å². The highest BCUT2D eigenvalue weighted by atomic mass is 16.5. The summed E-state index contributed by atoms with van der Waals surface area (Å²) in [6.07, 6.45) is 4.41. The van der Waals surface area contributed by atoms with Crippen LogP contribution in [0.2, 0.25) is 0 Å². The molecule has 0 radical (unpaired) electrons. The van der Waals surface area contributed by atoms with Crippen molar-refractivity contribution in [2.24, 2.45) is 5.73 Å². The lowest BCUT2D eigenvalue weighted by Gasteiger charge is -2.36. The maximum absolute atomic E-state index is 6.38. The molecule has 4 nitrogen and oxygen atoms in total. The van der Waals surface area contributed by atoms with Crippen LogP contribution in [0.3, 0.4) is 0 Å². The summed E-state index contributed by atoms with van der Waals surface area (Å²) in [5, 5.41) is 0. The molecule has 0 saturated carbocycles. The number of nitrogens with zero attached hydrogens (tertiary/aromatic N) is 1. The third kappa shape index (κ3) is 2.63. The number of fused-ring (bicyclic) bond motifs is 1. The molecule has 1 aromatic rings. The molecular formula is C16H24N2O2. The van der Waals surface area contributed by atoms with Gasteiger partial charge in [0.15, 0.2) is 0 Å². The molecule has 1 fully saturated rings. The van der Waals surface area contributed by atoms with E-state index >= 15 is 0 Å². The normalized spacial score (nSPS) is 25.5. The maximum Gasteiger partial charge on any atom is 0.127 e. The Morgan fingerprint density at radius 3 is 3.10 bits per heavy atom. The van der Waals surface area contributed by atoms with E-state index in [2.05, 4.69) is 11.0 Å². The number of benzene rings is 1. The van der Waals surface area contributed by atoms with Crippen molar-refractivity contribution >= 4 is 0 Å². The summed E-state index contributed by atoms with van der Waals surface area (Å²) < 4.78 is 11.7. The van der Waals surface area contributed by atoms with Gasteiger partial charge in [-0.15, -0.1) is 0 Å². The van der Waals surface area contributed by atoms with Crippen LogP contribution in [0, 0.1) is 0 Å². The first-order valence-electron chi connectivity index (χ1n) is 7.53. The summed E-state index contributed by atoms with van der Waals surface area (Å²) in [5.74, 6) is 1.88. The van der Waals surface area contributed by atoms with Gasteiger partial charge in [-0.05, 0) is 44.0 Å². The van der Waals surface area contributed by atoms with E-state index in [1.807, 2.05) is 12.1 Å². The predicted molar refractivity (Wildman–Crippen MR) is 79.4 cm³/mol. The zero-order chi connectivity index (χ0) is 14.0. The molecule has 1 atom stereocenters. The van der Waals surface area contributed by atoms with Gasteiger partial charge < -0.3 is 15.2 Å². The largest absolute Gasteiger partial charge is 0.497 e. The molecule has 1 unspecified atom stereocenters. The number of hydrogen-bond acceptors (Lipinski definition) is 4. The highest BCUT2D eigenvalue weighted by Crippen LogP contribution is 2.40. The summed E-state index contributed by atoms with van der Waals surface area (Å²) in [6.45, 7) is 4.01. The number of ether oxygens (including phenoxy) is 2. The first-order valence-corrected chi connectivity index (χ1v) is 7.53. The molecule has 0 amide bonds. The molecule has 2 aliphatic heterocycles. The number of nitrogens with two attached hydrogens (primary N) is 1. The summed E-state index contributed by atoms with van der Waals surface area (Å²) in [6, 6.07) is 6.17. The molecule has 4 heteroatoms. The Labute approximate surface area is 120 Å². The van der Waals surface area contributed by atoms with Crippen molar-refractivity contribution in [3.8, 4) is 11.5 Å². The zero-order valence-corrected chi connectivity index (χ0v) is 12.2. The fraction of sp³-hybridized carbons (Fsp3) is 0.625. The minimum absolute atomic E-state index is 0.00790. The second-order valence-corrected chi connectivity index (χ2v) is 5.93. The summed E-state index contributed by atoms with van der Waals surface area (Å²) >= 11 is 0. The van der Waals surface area contributed by atoms with Gasteiger partial charge in [0.1, 0.15) is 17.1 Å². The Morgan fingerprint density at radius 1 is 1.40 bits per heavy atom. The second-order valence-electron chi connectivity index (χ2n) is 5.93. The third-order valence-electron chi connectivity index (χ3n) is 4.52. The number of methoxy groups -OCH3 is 1. The summed E-state index contributed by atoms with van der Waals surface area (Å²) in [7, 11) is 1.70. The highest BCUT2D eigenvalue weighted by Gasteiger charge is 2.42. The quantitative estimate of drug-likeness (QED) is 0.911. The van der Waals surface area contributed by atoms with E-state index in [9.17, 15) is 0 Å². The lowest BCUT2D eigenvalue weighted by Crippen LogP contribution is -2.42. The van der Waals surface area contributed by atoms with Crippen LogP contribution in [0.25, 0.3) is 0 Å². The summed E-state index contributed by atoms with van der Waals surface area (Å²) in [4.78, 5) is 2.48. The fourth-order valence-corrected chi connectivity index (χ4v) is 3.33. The van der Waals surface area contributed by atoms with Crippen LogP contribution in [0.1, 0.15) is 24.8 Å². The van der Waals surface area contributed by atoms with Crippen LogP contribution in [-0.4, -0.2) is 43.8 Å². The second kappa shape index (κ2) is 5.62. The number of aryl methyl sites for hydroxylation is 1. The van der Waals surface area contributed by atoms with E-state index < -0.39 is 0 Å². The van der Waals surface area contributed by atoms with Crippen LogP contribution in [0.15, 0.2) is 18.2 Å². The van der Waals surface area contributed by atoms with Gasteiger partial charge in [0.25, 0.3) is 0 Å². The average molecular weight is 276 g/mol. The Morgan fingerprint density at radius 2 is 2.30 bits per heavy atom. The lowest BCUT2D eigenvalue weighted by atomic mass is 9.90. The lowest BCUT2D eigenvalue weighted by molar-refractivity contribution is 0.0542. The van der Waals surface area contributed by atoms with Gasteiger partial charge in [-0.25, -0.2) is 0 Å². The van der Waals surface area contributed by atoms with Gasteiger partial charge in [-0.3, -0.25) is 4.90 Å². The van der Waals surface area contributed by atoms with Gasteiger partial charge >= 0.3 is 0 Å². The van der Waals surface area contributed by atoms with Crippen LogP contribution in [0.5, 0.6) is 11.5 Å². The van der Waals surface area contributed by atoms with Crippen molar-refractivity contribution in [3.05, 3.63) is 23.8 Å². The van der Waals surface area contributed by atoms with Crippen molar-refractivity contribution < 1.29 is 9.47 Å². The van der Waals surface area contributed by atoms with Gasteiger partial charge in [0, 0.05) is 25.6 Å². The van der Waals surface area contributed by atoms with Crippen molar-refractivity contribution in [1.82, 2.24) is 4.90 Å². The number of likely N-dealkylation sites (tertiary alicyclic amines) is 1. The highest BCUT2D eigenvalue weighted by molar-refractivity contribution is 5.42. The molecule has 0 aromatic heterocycles. The van der Waals surface area contributed by atoms with Crippen LogP contribution < -0.4 is 15.2 Å². The minimum Gasteiger partial charge on any atom is -0.497 e. The fourth-order valence-electron chi connectivity index (χ4n) is 3.33. The van der Waals surface area contributed by atoms with E-state index in [-0.39, 0.29) is 5.60 Å². The van der Waals surface area contributed by atoms with Crippen LogP contribution in [-0.2, 0) is 6.42 Å². The van der Waals surface area contributed by atoms with Crippen LogP contribution >= 0.6 is 0 Å². The molecular weight excluding hydrogens is 252 g/mol. The molecule has 2 heterocycles. The van der Waals surface area contributed by atoms with E-state index in [4.69, 9.17) is 15.2 Å². The monoisotopic (exact) mass is 276 g/mol. The SMILES string of the molecule is COc1ccc2c(c1)OC1(CC2)CCN(CCCN)C1. The molecule has 1 spiro atoms. The number of hydrogen-bond donors (Lipinski definition) is 1. The van der Waals surface area contributed by atoms with Crippen molar-refractivity contribution in [3.63, 3.8) is 0 Å². The molecule has 110 valence electrons. The van der Waals surface area contributed by atoms with E-state index in [0.717, 1.165) is 63.4 Å². The van der Waals surface area contributed by atoms with Crippen LogP contribution in [0.4, 0.5) is 0 Å². The Hall–Kier alpha value is -1.26. The third-order valence-corrected chi connectivity index (χ3v) is 4.52. The van der Waals surface area contributed by atoms with Crippen molar-refractivity contribution in [2.45, 2.75) is 31.3 Å². The zero-order valence-electron chi connectivity index (χ0n) is 12.2. The topological polar surface area (TPSA) is 47.7 Å². The molecule has 0 bridgehead atoms. The molecule has 1 saturated heterocycles. The Balaban J connectivity index is 1.71. The molecule has 20 heavy (non-hydrogen) atoms. The van der Waals surface area contributed by atoms with Gasteiger partial charge in [0.2, 0.25) is 0 Å². The predicted octanol–water partition coefficient (Wildman–Crippen LogP) is 1.81. The Bertz CT molecular complexity index is 478. The molecule has 2 aliphatic rings. The Kier molecular flexibility index (Phi) is 3.85. The smallest absolute Gasteiger partial charge is 0.127 e. The minimum atomic E-state index is 0.00790. The number of rotatable bonds is 4. The molecule has 0 aliphatic carbocycles. The van der Waals surface area contributed by atoms with E-state index in [1.165, 1.54) is 5.56 Å².